The normalized spacial score (nSPS) is 37.5. The van der Waals surface area contributed by atoms with Gasteiger partial charge in [-0.15, -0.1) is 0 Å². The highest BCUT2D eigenvalue weighted by molar-refractivity contribution is 4.88. The van der Waals surface area contributed by atoms with Crippen LogP contribution >= 0.6 is 0 Å². The average molecular weight is 225 g/mol. The van der Waals surface area contributed by atoms with Crippen LogP contribution in [0.3, 0.4) is 0 Å². The maximum atomic E-state index is 10.2. The van der Waals surface area contributed by atoms with Gasteiger partial charge in [0.2, 0.25) is 0 Å². The maximum absolute atomic E-state index is 10.2. The van der Waals surface area contributed by atoms with Gasteiger partial charge in [0, 0.05) is 12.1 Å². The Labute approximate surface area is 100 Å². The third-order valence-electron chi connectivity index (χ3n) is 4.41. The van der Waals surface area contributed by atoms with E-state index in [1.54, 1.807) is 0 Å². The van der Waals surface area contributed by atoms with Crippen molar-refractivity contribution in [3.63, 3.8) is 0 Å². The lowest BCUT2D eigenvalue weighted by Gasteiger charge is -2.44. The molecule has 1 saturated heterocycles. The SMILES string of the molecule is CCCC1CCCCN1[C@@H]1CCCC[C@H]1O. The lowest BCUT2D eigenvalue weighted by Crippen LogP contribution is -2.52. The number of nitrogens with zero attached hydrogens (tertiary/aromatic N) is 1. The summed E-state index contributed by atoms with van der Waals surface area (Å²) in [6.45, 7) is 3.51. The number of likely N-dealkylation sites (tertiary alicyclic amines) is 1. The molecule has 1 saturated carbocycles. The second kappa shape index (κ2) is 6.02. The topological polar surface area (TPSA) is 23.5 Å². The minimum Gasteiger partial charge on any atom is -0.391 e. The molecule has 0 aromatic rings. The van der Waals surface area contributed by atoms with Crippen LogP contribution < -0.4 is 0 Å². The first-order valence-electron chi connectivity index (χ1n) is 7.26. The zero-order valence-corrected chi connectivity index (χ0v) is 10.7. The Morgan fingerprint density at radius 1 is 1.06 bits per heavy atom. The largest absolute Gasteiger partial charge is 0.391 e. The number of aliphatic hydroxyl groups is 1. The molecule has 0 amide bonds. The van der Waals surface area contributed by atoms with E-state index in [1.807, 2.05) is 0 Å². The summed E-state index contributed by atoms with van der Waals surface area (Å²) in [5, 5.41) is 10.2. The Morgan fingerprint density at radius 3 is 2.56 bits per heavy atom. The second-order valence-corrected chi connectivity index (χ2v) is 5.60. The average Bonchev–Trinajstić information content (AvgIpc) is 2.31. The van der Waals surface area contributed by atoms with Gasteiger partial charge in [-0.3, -0.25) is 4.90 Å². The van der Waals surface area contributed by atoms with Gasteiger partial charge in [0.1, 0.15) is 0 Å². The van der Waals surface area contributed by atoms with Gasteiger partial charge in [0.25, 0.3) is 0 Å². The molecule has 2 aliphatic rings. The van der Waals surface area contributed by atoms with Crippen LogP contribution in [0.5, 0.6) is 0 Å². The summed E-state index contributed by atoms with van der Waals surface area (Å²) in [5.74, 6) is 0. The molecule has 3 atom stereocenters. The van der Waals surface area contributed by atoms with Crippen LogP contribution in [0, 0.1) is 0 Å². The van der Waals surface area contributed by atoms with E-state index in [0.29, 0.717) is 6.04 Å². The lowest BCUT2D eigenvalue weighted by molar-refractivity contribution is -0.0170. The first-order valence-corrected chi connectivity index (χ1v) is 7.26. The molecule has 1 aliphatic heterocycles. The summed E-state index contributed by atoms with van der Waals surface area (Å²) in [6.07, 6.45) is 11.4. The molecule has 16 heavy (non-hydrogen) atoms. The van der Waals surface area contributed by atoms with E-state index in [2.05, 4.69) is 11.8 Å². The summed E-state index contributed by atoms with van der Waals surface area (Å²) in [4.78, 5) is 2.65. The Bertz CT molecular complexity index is 205. The molecule has 1 unspecified atom stereocenters. The summed E-state index contributed by atoms with van der Waals surface area (Å²) < 4.78 is 0. The van der Waals surface area contributed by atoms with E-state index in [4.69, 9.17) is 0 Å². The highest BCUT2D eigenvalue weighted by Gasteiger charge is 2.33. The molecule has 0 radical (unpaired) electrons. The van der Waals surface area contributed by atoms with Crippen molar-refractivity contribution in [2.75, 3.05) is 6.54 Å². The molecule has 0 aromatic carbocycles. The van der Waals surface area contributed by atoms with Gasteiger partial charge >= 0.3 is 0 Å². The van der Waals surface area contributed by atoms with Crippen LogP contribution in [-0.4, -0.2) is 34.7 Å². The number of aliphatic hydroxyl groups excluding tert-OH is 1. The fraction of sp³-hybridized carbons (Fsp3) is 1.00. The molecule has 2 rings (SSSR count). The molecule has 0 aromatic heterocycles. The molecule has 0 bridgehead atoms. The molecule has 2 fully saturated rings. The standard InChI is InChI=1S/C14H27NO/c1-2-7-12-8-5-6-11-15(12)13-9-3-4-10-14(13)16/h12-14,16H,2-11H2,1H3/t12?,13-,14-/m1/s1. The van der Waals surface area contributed by atoms with Crippen LogP contribution in [-0.2, 0) is 0 Å². The monoisotopic (exact) mass is 225 g/mol. The fourth-order valence-corrected chi connectivity index (χ4v) is 3.58. The maximum Gasteiger partial charge on any atom is 0.0695 e. The molecule has 2 heteroatoms. The number of rotatable bonds is 3. The molecule has 94 valence electrons. The summed E-state index contributed by atoms with van der Waals surface area (Å²) >= 11 is 0. The van der Waals surface area contributed by atoms with Crippen molar-refractivity contribution in [3.8, 4) is 0 Å². The quantitative estimate of drug-likeness (QED) is 0.798. The van der Waals surface area contributed by atoms with Crippen molar-refractivity contribution >= 4 is 0 Å². The van der Waals surface area contributed by atoms with Gasteiger partial charge in [0.15, 0.2) is 0 Å². The Kier molecular flexibility index (Phi) is 4.66. The predicted octanol–water partition coefficient (Wildman–Crippen LogP) is 2.94. The zero-order chi connectivity index (χ0) is 11.4. The first-order chi connectivity index (χ1) is 7.83. The highest BCUT2D eigenvalue weighted by atomic mass is 16.3. The Hall–Kier alpha value is -0.0800. The Balaban J connectivity index is 1.97. The number of hydrogen-bond donors (Lipinski definition) is 1. The van der Waals surface area contributed by atoms with E-state index in [-0.39, 0.29) is 6.10 Å². The van der Waals surface area contributed by atoms with E-state index < -0.39 is 0 Å². The van der Waals surface area contributed by atoms with E-state index in [1.165, 1.54) is 57.9 Å². The fourth-order valence-electron chi connectivity index (χ4n) is 3.58. The molecular weight excluding hydrogens is 198 g/mol. The van der Waals surface area contributed by atoms with Gasteiger partial charge in [-0.25, -0.2) is 0 Å². The van der Waals surface area contributed by atoms with Crippen molar-refractivity contribution < 1.29 is 5.11 Å². The second-order valence-electron chi connectivity index (χ2n) is 5.60. The van der Waals surface area contributed by atoms with Crippen LogP contribution in [0.1, 0.15) is 64.7 Å². The van der Waals surface area contributed by atoms with E-state index in [0.717, 1.165) is 12.5 Å². The third-order valence-corrected chi connectivity index (χ3v) is 4.41. The van der Waals surface area contributed by atoms with Crippen LogP contribution in [0.25, 0.3) is 0 Å². The van der Waals surface area contributed by atoms with Crippen LogP contribution in [0.4, 0.5) is 0 Å². The molecular formula is C14H27NO. The number of piperidine rings is 1. The van der Waals surface area contributed by atoms with Gasteiger partial charge in [-0.05, 0) is 38.6 Å². The minimum atomic E-state index is -0.0498. The van der Waals surface area contributed by atoms with E-state index in [9.17, 15) is 5.11 Å². The summed E-state index contributed by atoms with van der Waals surface area (Å²) in [6, 6.07) is 1.24. The van der Waals surface area contributed by atoms with Crippen molar-refractivity contribution in [1.29, 1.82) is 0 Å². The van der Waals surface area contributed by atoms with Gasteiger partial charge in [-0.2, -0.15) is 0 Å². The minimum absolute atomic E-state index is 0.0498. The van der Waals surface area contributed by atoms with Crippen molar-refractivity contribution in [1.82, 2.24) is 4.90 Å². The lowest BCUT2D eigenvalue weighted by atomic mass is 9.87. The smallest absolute Gasteiger partial charge is 0.0695 e. The van der Waals surface area contributed by atoms with Gasteiger partial charge < -0.3 is 5.11 Å². The number of hydrogen-bond acceptors (Lipinski definition) is 2. The first kappa shape index (κ1) is 12.4. The molecule has 1 aliphatic carbocycles. The molecule has 2 nitrogen and oxygen atoms in total. The van der Waals surface area contributed by atoms with Gasteiger partial charge in [-0.1, -0.05) is 32.6 Å². The van der Waals surface area contributed by atoms with Crippen molar-refractivity contribution in [2.24, 2.45) is 0 Å². The van der Waals surface area contributed by atoms with E-state index >= 15 is 0 Å². The van der Waals surface area contributed by atoms with Gasteiger partial charge in [0.05, 0.1) is 6.10 Å². The Morgan fingerprint density at radius 2 is 1.81 bits per heavy atom. The van der Waals surface area contributed by atoms with Crippen molar-refractivity contribution in [3.05, 3.63) is 0 Å². The summed E-state index contributed by atoms with van der Waals surface area (Å²) in [5.41, 5.74) is 0. The molecule has 1 heterocycles. The summed E-state index contributed by atoms with van der Waals surface area (Å²) in [7, 11) is 0. The molecule has 0 spiro atoms. The highest BCUT2D eigenvalue weighted by Crippen LogP contribution is 2.30. The van der Waals surface area contributed by atoms with Crippen molar-refractivity contribution in [2.45, 2.75) is 82.9 Å². The third kappa shape index (κ3) is 2.78. The predicted molar refractivity (Wildman–Crippen MR) is 67.5 cm³/mol. The zero-order valence-electron chi connectivity index (χ0n) is 10.7. The van der Waals surface area contributed by atoms with Crippen LogP contribution in [0.15, 0.2) is 0 Å². The van der Waals surface area contributed by atoms with Crippen LogP contribution in [0.2, 0.25) is 0 Å². The molecule has 1 N–H and O–H groups in total.